The summed E-state index contributed by atoms with van der Waals surface area (Å²) in [4.78, 5) is 21.1. The molecule has 1 aromatic heterocycles. The number of anilines is 1. The van der Waals surface area contributed by atoms with Gasteiger partial charge in [-0.3, -0.25) is 0 Å². The Morgan fingerprint density at radius 1 is 1.17 bits per heavy atom. The summed E-state index contributed by atoms with van der Waals surface area (Å²) in [6.07, 6.45) is 3.76. The van der Waals surface area contributed by atoms with E-state index < -0.39 is 15.6 Å². The zero-order valence-corrected chi connectivity index (χ0v) is 21.9. The number of piperidine rings is 1. The van der Waals surface area contributed by atoms with Crippen molar-refractivity contribution in [2.45, 2.75) is 51.5 Å². The third-order valence-electron chi connectivity index (χ3n) is 6.54. The van der Waals surface area contributed by atoms with Crippen molar-refractivity contribution in [3.63, 3.8) is 0 Å². The van der Waals surface area contributed by atoms with Gasteiger partial charge in [-0.15, -0.1) is 0 Å². The van der Waals surface area contributed by atoms with Gasteiger partial charge in [0.2, 0.25) is 0 Å². The molecule has 2 unspecified atom stereocenters. The highest BCUT2D eigenvalue weighted by atomic mass is 32.2. The van der Waals surface area contributed by atoms with Crippen LogP contribution in [0.4, 0.5) is 16.3 Å². The van der Waals surface area contributed by atoms with Gasteiger partial charge in [-0.1, -0.05) is 31.2 Å². The Morgan fingerprint density at radius 2 is 1.86 bits per heavy atom. The quantitative estimate of drug-likeness (QED) is 0.595. The lowest BCUT2D eigenvalue weighted by Crippen LogP contribution is -2.47. The Morgan fingerprint density at radius 3 is 2.51 bits per heavy atom. The van der Waals surface area contributed by atoms with Crippen LogP contribution in [0.2, 0.25) is 0 Å². The van der Waals surface area contributed by atoms with E-state index in [1.54, 1.807) is 47.6 Å². The molecule has 0 bridgehead atoms. The van der Waals surface area contributed by atoms with E-state index >= 15 is 0 Å². The highest BCUT2D eigenvalue weighted by Crippen LogP contribution is 2.40. The third-order valence-corrected chi connectivity index (χ3v) is 8.22. The number of amides is 1. The average molecular weight is 499 g/mol. The van der Waals surface area contributed by atoms with Crippen LogP contribution in [0.15, 0.2) is 58.7 Å². The van der Waals surface area contributed by atoms with Gasteiger partial charge in [0.05, 0.1) is 17.1 Å². The Labute approximate surface area is 207 Å². The van der Waals surface area contributed by atoms with Crippen molar-refractivity contribution < 1.29 is 17.9 Å². The van der Waals surface area contributed by atoms with E-state index in [2.05, 4.69) is 18.5 Å². The van der Waals surface area contributed by atoms with E-state index in [1.165, 1.54) is 3.97 Å². The second-order valence-corrected chi connectivity index (χ2v) is 12.2. The van der Waals surface area contributed by atoms with E-state index in [1.807, 2.05) is 32.6 Å². The van der Waals surface area contributed by atoms with E-state index in [-0.39, 0.29) is 16.9 Å². The van der Waals surface area contributed by atoms with Crippen molar-refractivity contribution in [2.75, 3.05) is 24.5 Å². The van der Waals surface area contributed by atoms with Crippen LogP contribution < -0.4 is 4.90 Å². The molecule has 188 valence electrons. The van der Waals surface area contributed by atoms with Gasteiger partial charge < -0.3 is 14.5 Å². The molecule has 0 saturated carbocycles. The maximum absolute atomic E-state index is 13.3. The van der Waals surface area contributed by atoms with Crippen molar-refractivity contribution in [1.82, 2.24) is 8.87 Å². The fourth-order valence-corrected chi connectivity index (χ4v) is 5.82. The largest absolute Gasteiger partial charge is 0.444 e. The summed E-state index contributed by atoms with van der Waals surface area (Å²) in [6.45, 7) is 15.7. The number of fused-ring (bicyclic) bond motifs is 1. The van der Waals surface area contributed by atoms with Crippen LogP contribution in [0.1, 0.15) is 39.7 Å². The molecule has 0 spiro atoms. The number of benzene rings is 1. The molecule has 1 aromatic carbocycles. The van der Waals surface area contributed by atoms with Crippen LogP contribution in [-0.4, -0.2) is 54.8 Å². The smallest absolute Gasteiger partial charge is 0.410 e. The van der Waals surface area contributed by atoms with Crippen LogP contribution in [0.25, 0.3) is 0 Å². The maximum Gasteiger partial charge on any atom is 0.410 e. The lowest BCUT2D eigenvalue weighted by atomic mass is 9.84. The number of aryl methyl sites for hydroxylation is 1. The molecular formula is C26H34N4O4S. The first-order valence-corrected chi connectivity index (χ1v) is 13.3. The van der Waals surface area contributed by atoms with Crippen LogP contribution in [0, 0.1) is 18.8 Å². The fraction of sp³-hybridized carbons (Fsp3) is 0.462. The molecule has 2 aliphatic rings. The van der Waals surface area contributed by atoms with Crippen molar-refractivity contribution in [2.24, 2.45) is 16.8 Å². The lowest BCUT2D eigenvalue weighted by molar-refractivity contribution is 0.0139. The predicted octanol–water partition coefficient (Wildman–Crippen LogP) is 4.96. The summed E-state index contributed by atoms with van der Waals surface area (Å²) in [7, 11) is -3.80. The molecule has 35 heavy (non-hydrogen) atoms. The minimum absolute atomic E-state index is 0.00711. The Kier molecular flexibility index (Phi) is 6.57. The number of rotatable bonds is 4. The molecule has 1 fully saturated rings. The zero-order valence-electron chi connectivity index (χ0n) is 21.1. The monoisotopic (exact) mass is 498 g/mol. The highest BCUT2D eigenvalue weighted by Gasteiger charge is 2.36. The molecule has 1 saturated heterocycles. The number of hydrogen-bond donors (Lipinski definition) is 0. The Bertz CT molecular complexity index is 1260. The van der Waals surface area contributed by atoms with Gasteiger partial charge in [-0.05, 0) is 58.2 Å². The molecule has 1 amide bonds. The Balaban J connectivity index is 1.59. The number of carbonyl (C=O) groups excluding carboxylic acids is 1. The standard InChI is InChI=1S/C26H34N4O4S/c1-18-7-9-21(10-8-18)35(32,33)30-15-12-23-24(30)27-13-16-29(23)20(3)22-17-28(14-11-19(22)2)25(31)34-26(4,5)6/h7-10,12-13,15,19,22H,3,11,14,16-17H2,1-2,4-6H3. The molecule has 0 N–H and O–H groups in total. The Hall–Kier alpha value is -3.07. The second kappa shape index (κ2) is 9.18. The minimum atomic E-state index is -3.80. The van der Waals surface area contributed by atoms with E-state index in [0.29, 0.717) is 37.1 Å². The average Bonchev–Trinajstić information content (AvgIpc) is 3.23. The van der Waals surface area contributed by atoms with E-state index in [4.69, 9.17) is 4.74 Å². The molecule has 4 rings (SSSR count). The second-order valence-electron chi connectivity index (χ2n) is 10.4. The van der Waals surface area contributed by atoms with Crippen LogP contribution in [0.3, 0.4) is 0 Å². The summed E-state index contributed by atoms with van der Waals surface area (Å²) in [5.74, 6) is 0.667. The van der Waals surface area contributed by atoms with Gasteiger partial charge in [-0.2, -0.15) is 0 Å². The van der Waals surface area contributed by atoms with E-state index in [9.17, 15) is 13.2 Å². The van der Waals surface area contributed by atoms with Gasteiger partial charge >= 0.3 is 6.09 Å². The summed E-state index contributed by atoms with van der Waals surface area (Å²) in [5.41, 5.74) is 1.95. The van der Waals surface area contributed by atoms with E-state index in [0.717, 1.165) is 17.7 Å². The summed E-state index contributed by atoms with van der Waals surface area (Å²) in [6, 6.07) is 8.54. The van der Waals surface area contributed by atoms with Gasteiger partial charge in [0.1, 0.15) is 5.60 Å². The molecule has 3 heterocycles. The number of likely N-dealkylation sites (tertiary alicyclic amines) is 1. The first-order chi connectivity index (χ1) is 16.4. The van der Waals surface area contributed by atoms with Gasteiger partial charge in [0, 0.05) is 37.1 Å². The van der Waals surface area contributed by atoms with Crippen molar-refractivity contribution >= 4 is 33.8 Å². The normalized spacial score (nSPS) is 20.5. The molecular weight excluding hydrogens is 464 g/mol. The molecule has 8 nitrogen and oxygen atoms in total. The lowest BCUT2D eigenvalue weighted by Gasteiger charge is -2.41. The van der Waals surface area contributed by atoms with Crippen LogP contribution in [0.5, 0.6) is 0 Å². The van der Waals surface area contributed by atoms with Gasteiger partial charge in [0.15, 0.2) is 5.82 Å². The molecule has 9 heteroatoms. The summed E-state index contributed by atoms with van der Waals surface area (Å²) < 4.78 is 33.5. The molecule has 0 aliphatic carbocycles. The SMILES string of the molecule is C=C(C1CN(C(=O)OC(C)(C)C)CCC1C)N1CC=Nc2c1ccn2S(=O)(=O)c1ccc(C)cc1. The van der Waals surface area contributed by atoms with Crippen molar-refractivity contribution in [3.05, 3.63) is 54.4 Å². The number of carbonyl (C=O) groups is 1. The first-order valence-electron chi connectivity index (χ1n) is 11.9. The first kappa shape index (κ1) is 25.0. The maximum atomic E-state index is 13.3. The third kappa shape index (κ3) is 5.00. The topological polar surface area (TPSA) is 84.2 Å². The predicted molar refractivity (Wildman–Crippen MR) is 138 cm³/mol. The van der Waals surface area contributed by atoms with Crippen molar-refractivity contribution in [1.29, 1.82) is 0 Å². The number of hydrogen-bond acceptors (Lipinski definition) is 6. The number of ether oxygens (including phenoxy) is 1. The zero-order chi connectivity index (χ0) is 25.5. The molecule has 0 radical (unpaired) electrons. The summed E-state index contributed by atoms with van der Waals surface area (Å²) in [5, 5.41) is 0. The fourth-order valence-electron chi connectivity index (χ4n) is 4.52. The van der Waals surface area contributed by atoms with Crippen LogP contribution in [-0.2, 0) is 14.8 Å². The molecule has 2 aromatic rings. The molecule has 2 aliphatic heterocycles. The number of aromatic nitrogens is 1. The minimum Gasteiger partial charge on any atom is -0.444 e. The van der Waals surface area contributed by atoms with Gasteiger partial charge in [0.25, 0.3) is 10.0 Å². The number of aliphatic imine (C=N–C) groups is 1. The summed E-state index contributed by atoms with van der Waals surface area (Å²) >= 11 is 0. The number of nitrogens with zero attached hydrogens (tertiary/aromatic N) is 4. The van der Waals surface area contributed by atoms with Crippen molar-refractivity contribution in [3.8, 4) is 0 Å². The molecule has 2 atom stereocenters. The van der Waals surface area contributed by atoms with Crippen LogP contribution >= 0.6 is 0 Å². The van der Waals surface area contributed by atoms with Gasteiger partial charge in [-0.25, -0.2) is 22.2 Å². The highest BCUT2D eigenvalue weighted by molar-refractivity contribution is 7.90.